The monoisotopic (exact) mass is 403 g/mol. The molecule has 0 spiro atoms. The Morgan fingerprint density at radius 2 is 1.52 bits per heavy atom. The van der Waals surface area contributed by atoms with Crippen LogP contribution in [0, 0.1) is 0 Å². The van der Waals surface area contributed by atoms with Gasteiger partial charge in [-0.1, -0.05) is 48.5 Å². The molecule has 29 heavy (non-hydrogen) atoms. The number of carbonyl (C=O) groups is 2. The van der Waals surface area contributed by atoms with Crippen molar-refractivity contribution in [2.24, 2.45) is 5.10 Å². The van der Waals surface area contributed by atoms with Gasteiger partial charge in [-0.3, -0.25) is 9.59 Å². The molecule has 0 aliphatic rings. The first kappa shape index (κ1) is 20.4. The quantitative estimate of drug-likeness (QED) is 0.345. The van der Waals surface area contributed by atoms with E-state index < -0.39 is 0 Å². The number of nitrogens with one attached hydrogen (secondary N) is 2. The van der Waals surface area contributed by atoms with Gasteiger partial charge in [0.05, 0.1) is 11.5 Å². The molecule has 3 rings (SSSR count). The summed E-state index contributed by atoms with van der Waals surface area (Å²) in [6.07, 6.45) is 0. The van der Waals surface area contributed by atoms with E-state index in [1.54, 1.807) is 12.1 Å². The third-order valence-corrected chi connectivity index (χ3v) is 5.05. The second-order valence-electron chi connectivity index (χ2n) is 6.23. The largest absolute Gasteiger partial charge is 0.322 e. The Bertz CT molecular complexity index is 1000. The van der Waals surface area contributed by atoms with Crippen molar-refractivity contribution >= 4 is 35.0 Å². The number of amides is 2. The van der Waals surface area contributed by atoms with Crippen molar-refractivity contribution in [1.29, 1.82) is 0 Å². The number of rotatable bonds is 7. The SMILES string of the molecule is C/C(=N/NC(=O)CSc1ccccc1)c1cccc(NC(=O)c2ccccc2)c1. The highest BCUT2D eigenvalue weighted by Gasteiger charge is 2.07. The van der Waals surface area contributed by atoms with E-state index in [9.17, 15) is 9.59 Å². The summed E-state index contributed by atoms with van der Waals surface area (Å²) in [6, 6.07) is 26.1. The maximum Gasteiger partial charge on any atom is 0.255 e. The topological polar surface area (TPSA) is 70.6 Å². The minimum atomic E-state index is -0.177. The number of benzene rings is 3. The number of hydrogen-bond acceptors (Lipinski definition) is 4. The first-order valence-electron chi connectivity index (χ1n) is 9.09. The van der Waals surface area contributed by atoms with Gasteiger partial charge in [0.2, 0.25) is 5.91 Å². The van der Waals surface area contributed by atoms with Crippen molar-refractivity contribution in [3.63, 3.8) is 0 Å². The molecule has 3 aromatic carbocycles. The highest BCUT2D eigenvalue weighted by atomic mass is 32.2. The Morgan fingerprint density at radius 3 is 2.24 bits per heavy atom. The van der Waals surface area contributed by atoms with Crippen LogP contribution in [0.1, 0.15) is 22.8 Å². The van der Waals surface area contributed by atoms with Crippen LogP contribution in [0.3, 0.4) is 0 Å². The molecule has 0 aliphatic heterocycles. The summed E-state index contributed by atoms with van der Waals surface area (Å²) in [6.45, 7) is 1.81. The minimum absolute atomic E-state index is 0.174. The summed E-state index contributed by atoms with van der Waals surface area (Å²) in [4.78, 5) is 25.4. The highest BCUT2D eigenvalue weighted by Crippen LogP contribution is 2.16. The van der Waals surface area contributed by atoms with E-state index in [2.05, 4.69) is 15.8 Å². The van der Waals surface area contributed by atoms with E-state index in [0.29, 0.717) is 17.0 Å². The van der Waals surface area contributed by atoms with E-state index in [1.807, 2.05) is 79.7 Å². The molecular formula is C23H21N3O2S. The molecule has 0 saturated heterocycles. The van der Waals surface area contributed by atoms with Gasteiger partial charge in [-0.05, 0) is 48.9 Å². The first-order chi connectivity index (χ1) is 14.1. The third kappa shape index (κ3) is 6.33. The van der Waals surface area contributed by atoms with Crippen LogP contribution in [0.5, 0.6) is 0 Å². The molecule has 0 atom stereocenters. The molecule has 2 N–H and O–H groups in total. The summed E-state index contributed by atoms with van der Waals surface area (Å²) in [5.41, 5.74) is 5.29. The molecular weight excluding hydrogens is 382 g/mol. The maximum atomic E-state index is 12.3. The molecule has 5 nitrogen and oxygen atoms in total. The number of carbonyl (C=O) groups excluding carboxylic acids is 2. The molecule has 0 fully saturated rings. The number of hydrogen-bond donors (Lipinski definition) is 2. The molecule has 0 aromatic heterocycles. The average Bonchev–Trinajstić information content (AvgIpc) is 2.77. The second kappa shape index (κ2) is 10.2. The van der Waals surface area contributed by atoms with Crippen molar-refractivity contribution in [2.75, 3.05) is 11.1 Å². The Hall–Kier alpha value is -3.38. The smallest absolute Gasteiger partial charge is 0.255 e. The van der Waals surface area contributed by atoms with Gasteiger partial charge in [-0.25, -0.2) is 5.43 Å². The molecule has 0 heterocycles. The highest BCUT2D eigenvalue weighted by molar-refractivity contribution is 8.00. The maximum absolute atomic E-state index is 12.3. The van der Waals surface area contributed by atoms with Crippen molar-refractivity contribution in [2.45, 2.75) is 11.8 Å². The van der Waals surface area contributed by atoms with Crippen molar-refractivity contribution in [3.05, 3.63) is 96.1 Å². The van der Waals surface area contributed by atoms with Gasteiger partial charge < -0.3 is 5.32 Å². The summed E-state index contributed by atoms with van der Waals surface area (Å²) >= 11 is 1.45. The van der Waals surface area contributed by atoms with E-state index in [0.717, 1.165) is 10.5 Å². The zero-order valence-corrected chi connectivity index (χ0v) is 16.8. The Balaban J connectivity index is 1.57. The van der Waals surface area contributed by atoms with Crippen molar-refractivity contribution in [3.8, 4) is 0 Å². The Kier molecular flexibility index (Phi) is 7.19. The molecule has 0 saturated carbocycles. The molecule has 0 bridgehead atoms. The van der Waals surface area contributed by atoms with Crippen LogP contribution in [-0.2, 0) is 4.79 Å². The Labute approximate surface area is 174 Å². The van der Waals surface area contributed by atoms with Crippen molar-refractivity contribution < 1.29 is 9.59 Å². The zero-order chi connectivity index (χ0) is 20.5. The minimum Gasteiger partial charge on any atom is -0.322 e. The molecule has 3 aromatic rings. The van der Waals surface area contributed by atoms with Gasteiger partial charge in [0.15, 0.2) is 0 Å². The van der Waals surface area contributed by atoms with Gasteiger partial charge >= 0.3 is 0 Å². The third-order valence-electron chi connectivity index (χ3n) is 4.04. The summed E-state index contributed by atoms with van der Waals surface area (Å²) in [5.74, 6) is -0.0659. The molecule has 6 heteroatoms. The number of anilines is 1. The number of thioether (sulfide) groups is 1. The van der Waals surface area contributed by atoms with Crippen LogP contribution in [-0.4, -0.2) is 23.3 Å². The Morgan fingerprint density at radius 1 is 0.862 bits per heavy atom. The predicted molar refractivity (Wildman–Crippen MR) is 118 cm³/mol. The standard InChI is InChI=1S/C23H21N3O2S/c1-17(25-26-22(27)16-29-21-13-6-3-7-14-21)19-11-8-12-20(15-19)24-23(28)18-9-4-2-5-10-18/h2-15H,16H2,1H3,(H,24,28)(H,26,27)/b25-17-. The normalized spacial score (nSPS) is 11.0. The van der Waals surface area contributed by atoms with Gasteiger partial charge in [0, 0.05) is 16.1 Å². The lowest BCUT2D eigenvalue weighted by Gasteiger charge is -2.08. The number of hydrazone groups is 1. The van der Waals surface area contributed by atoms with Crippen LogP contribution in [0.25, 0.3) is 0 Å². The fourth-order valence-electron chi connectivity index (χ4n) is 2.52. The lowest BCUT2D eigenvalue weighted by Crippen LogP contribution is -2.21. The molecule has 2 amide bonds. The fourth-order valence-corrected chi connectivity index (χ4v) is 3.24. The van der Waals surface area contributed by atoms with E-state index in [-0.39, 0.29) is 17.6 Å². The van der Waals surface area contributed by atoms with Gasteiger partial charge in [0.1, 0.15) is 0 Å². The fraction of sp³-hybridized carbons (Fsp3) is 0.0870. The lowest BCUT2D eigenvalue weighted by molar-refractivity contribution is -0.118. The van der Waals surface area contributed by atoms with Crippen molar-refractivity contribution in [1.82, 2.24) is 5.43 Å². The average molecular weight is 404 g/mol. The van der Waals surface area contributed by atoms with Crippen LogP contribution < -0.4 is 10.7 Å². The summed E-state index contributed by atoms with van der Waals surface area (Å²) in [5, 5.41) is 7.05. The first-order valence-corrected chi connectivity index (χ1v) is 10.1. The van der Waals surface area contributed by atoms with Gasteiger partial charge in [-0.2, -0.15) is 5.10 Å². The van der Waals surface area contributed by atoms with E-state index in [1.165, 1.54) is 11.8 Å². The molecule has 146 valence electrons. The van der Waals surface area contributed by atoms with Crippen LogP contribution in [0.4, 0.5) is 5.69 Å². The molecule has 0 aliphatic carbocycles. The molecule has 0 unspecified atom stereocenters. The van der Waals surface area contributed by atoms with Gasteiger partial charge in [-0.15, -0.1) is 11.8 Å². The predicted octanol–water partition coefficient (Wildman–Crippen LogP) is 4.57. The van der Waals surface area contributed by atoms with Gasteiger partial charge in [0.25, 0.3) is 5.91 Å². The van der Waals surface area contributed by atoms with Crippen LogP contribution in [0.15, 0.2) is 94.9 Å². The summed E-state index contributed by atoms with van der Waals surface area (Å²) in [7, 11) is 0. The number of nitrogens with zero attached hydrogens (tertiary/aromatic N) is 1. The second-order valence-corrected chi connectivity index (χ2v) is 7.28. The summed E-state index contributed by atoms with van der Waals surface area (Å²) < 4.78 is 0. The van der Waals surface area contributed by atoms with Crippen LogP contribution in [0.2, 0.25) is 0 Å². The molecule has 0 radical (unpaired) electrons. The lowest BCUT2D eigenvalue weighted by atomic mass is 10.1. The van der Waals surface area contributed by atoms with E-state index >= 15 is 0 Å². The zero-order valence-electron chi connectivity index (χ0n) is 16.0. The van der Waals surface area contributed by atoms with Crippen LogP contribution >= 0.6 is 11.8 Å². The van der Waals surface area contributed by atoms with E-state index in [4.69, 9.17) is 0 Å².